The van der Waals surface area contributed by atoms with Crippen LogP contribution in [0.3, 0.4) is 0 Å². The van der Waals surface area contributed by atoms with Crippen LogP contribution in [0.15, 0.2) is 474 Å². The van der Waals surface area contributed by atoms with Crippen LogP contribution in [-0.2, 0) is 0 Å². The van der Waals surface area contributed by atoms with Crippen molar-refractivity contribution in [1.29, 1.82) is 0 Å². The lowest BCUT2D eigenvalue weighted by molar-refractivity contribution is 0.953. The van der Waals surface area contributed by atoms with Gasteiger partial charge in [0.1, 0.15) is 17.5 Å². The molecule has 0 saturated heterocycles. The van der Waals surface area contributed by atoms with Gasteiger partial charge in [-0.2, -0.15) is 9.97 Å². The monoisotopic (exact) mass is 1770 g/mol. The number of hydrogen-bond acceptors (Lipinski definition) is 12. The topological polar surface area (TPSA) is 184 Å². The summed E-state index contributed by atoms with van der Waals surface area (Å²) < 4.78 is 13.2. The van der Waals surface area contributed by atoms with Crippen LogP contribution < -0.4 is 0 Å². The number of hydrogen-bond donors (Lipinski definition) is 0. The zero-order chi connectivity index (χ0) is 91.4. The Labute approximate surface area is 791 Å². The molecule has 16 aromatic carbocycles. The summed E-state index contributed by atoms with van der Waals surface area (Å²) in [6, 6.07) is 154. The summed E-state index contributed by atoms with van der Waals surface area (Å²) in [5.74, 6) is 5.69. The number of aromatic nitrogens is 18. The van der Waals surface area contributed by atoms with E-state index in [0.717, 1.165) is 206 Å². The minimum Gasteiger partial charge on any atom is -0.292 e. The predicted octanol–water partition coefficient (Wildman–Crippen LogP) is 27.9. The highest BCUT2D eigenvalue weighted by Gasteiger charge is 2.29. The van der Waals surface area contributed by atoms with Crippen LogP contribution >= 0.6 is 0 Å². The number of para-hydroxylation sites is 6. The SMILES string of the molecule is c1ccc(-c2cc(-c3ccccc3)nc(-n3c4ccccc4c4c5nc(-c6ccccc6)n(-c6ccccc6)c5ccc43)n2)cc1.c1ccc(-c2nc(-c3ccccc3)nc(-n3c4ccccc4c4c5nc(-c6ccccc6)n(-c6ccccc6)c5ccc43)n2)cc1.c1ccc(-c2nc3c4c5ccccc5n(-c5nc(-c6ccncc6)cc(-c6ccncc6)n5)c4ccc3n2-c2ccccc2)cc1. The predicted molar refractivity (Wildman–Crippen MR) is 555 cm³/mol. The Morgan fingerprint density at radius 3 is 0.659 bits per heavy atom. The van der Waals surface area contributed by atoms with E-state index in [-0.39, 0.29) is 0 Å². The molecule has 11 heterocycles. The van der Waals surface area contributed by atoms with Gasteiger partial charge in [0, 0.05) is 124 Å². The molecule has 0 spiro atoms. The van der Waals surface area contributed by atoms with Crippen LogP contribution in [0.1, 0.15) is 0 Å². The summed E-state index contributed by atoms with van der Waals surface area (Å²) in [6.07, 6.45) is 7.14. The molecule has 0 radical (unpaired) electrons. The minimum atomic E-state index is 0.559. The summed E-state index contributed by atoms with van der Waals surface area (Å²) >= 11 is 0. The number of benzene rings is 16. The van der Waals surface area contributed by atoms with Gasteiger partial charge in [-0.3, -0.25) is 37.4 Å². The molecule has 0 bridgehead atoms. The minimum absolute atomic E-state index is 0.559. The fourth-order valence-corrected chi connectivity index (χ4v) is 19.1. The van der Waals surface area contributed by atoms with Gasteiger partial charge < -0.3 is 0 Å². The molecular formula is C120H78N18. The summed E-state index contributed by atoms with van der Waals surface area (Å²) in [5, 5.41) is 6.48. The molecule has 648 valence electrons. The first-order chi connectivity index (χ1) is 68.5. The first-order valence-corrected chi connectivity index (χ1v) is 45.7. The molecule has 0 aliphatic heterocycles. The Morgan fingerprint density at radius 2 is 0.377 bits per heavy atom. The van der Waals surface area contributed by atoms with Crippen LogP contribution in [0, 0.1) is 0 Å². The number of imidazole rings is 3. The molecule has 0 aliphatic rings. The summed E-state index contributed by atoms with van der Waals surface area (Å²) in [4.78, 5) is 60.4. The van der Waals surface area contributed by atoms with E-state index in [9.17, 15) is 0 Å². The number of rotatable bonds is 15. The van der Waals surface area contributed by atoms with Crippen molar-refractivity contribution in [2.24, 2.45) is 0 Å². The zero-order valence-electron chi connectivity index (χ0n) is 74.1. The van der Waals surface area contributed by atoms with E-state index in [1.165, 1.54) is 0 Å². The molecule has 138 heavy (non-hydrogen) atoms. The Kier molecular flexibility index (Phi) is 20.4. The lowest BCUT2D eigenvalue weighted by Gasteiger charge is -2.12. The van der Waals surface area contributed by atoms with Crippen LogP contribution in [0.2, 0.25) is 0 Å². The quantitative estimate of drug-likeness (QED) is 0.0947. The Balaban J connectivity index is 0.000000110. The van der Waals surface area contributed by atoms with Gasteiger partial charge in [-0.25, -0.2) is 39.9 Å². The second-order valence-corrected chi connectivity index (χ2v) is 33.6. The number of nitrogens with zero attached hydrogens (tertiary/aromatic N) is 18. The first-order valence-electron chi connectivity index (χ1n) is 45.7. The van der Waals surface area contributed by atoms with Gasteiger partial charge in [0.2, 0.25) is 17.8 Å². The largest absolute Gasteiger partial charge is 0.292 e. The molecule has 11 aromatic heterocycles. The molecule has 0 amide bonds. The molecular weight excluding hydrogens is 1690 g/mol. The van der Waals surface area contributed by atoms with Gasteiger partial charge in [0.25, 0.3) is 0 Å². The third kappa shape index (κ3) is 14.5. The van der Waals surface area contributed by atoms with E-state index in [1.54, 1.807) is 24.8 Å². The molecule has 0 aliphatic carbocycles. The van der Waals surface area contributed by atoms with Crippen LogP contribution in [-0.4, -0.2) is 87.2 Å². The van der Waals surface area contributed by atoms with Crippen molar-refractivity contribution in [3.8, 4) is 137 Å². The van der Waals surface area contributed by atoms with Gasteiger partial charge in [-0.05, 0) is 127 Å². The van der Waals surface area contributed by atoms with Crippen LogP contribution in [0.25, 0.3) is 235 Å². The number of pyridine rings is 2. The smallest absolute Gasteiger partial charge is 0.238 e. The third-order valence-electron chi connectivity index (χ3n) is 25.3. The van der Waals surface area contributed by atoms with Crippen molar-refractivity contribution in [2.45, 2.75) is 0 Å². The standard InChI is InChI=1S/C41H27N5.C40H26N6.C39H25N7/c1-5-15-28(16-6-1)33-27-34(29-17-7-2-8-18-29)43-41(42-33)46-35-24-14-13-23-32(35)38-36(46)25-26-37-39(38)44-40(30-19-9-3-10-20-30)45(37)31-21-11-4-12-22-31;1-5-15-27(16-6-1)37-42-38(28-17-7-2-8-18-28)44-40(43-37)46-32-24-14-13-23-31(32)35-33(46)25-26-34-36(35)41-39(29-19-9-3-10-20-29)45(34)30-21-11-4-12-22-30;1-3-9-28(10-4-1)38-44-37-35(45(38)29-11-5-2-6-12-29)16-15-34-36(37)30-13-7-8-14-33(30)46(34)39-42-31(26-17-21-40-22-18-26)25-32(43-39)27-19-23-41-24-20-27/h1-27H;1-26H;1-25H. The van der Waals surface area contributed by atoms with Gasteiger partial charge >= 0.3 is 0 Å². The molecule has 27 rings (SSSR count). The van der Waals surface area contributed by atoms with Crippen molar-refractivity contribution < 1.29 is 0 Å². The average molecular weight is 1770 g/mol. The molecule has 0 saturated carbocycles. The Morgan fingerprint density at radius 1 is 0.152 bits per heavy atom. The summed E-state index contributed by atoms with van der Waals surface area (Å²) in [5.41, 5.74) is 27.5. The molecule has 18 heteroatoms. The van der Waals surface area contributed by atoms with Gasteiger partial charge in [-0.15, -0.1) is 0 Å². The second kappa shape index (κ2) is 34.8. The molecule has 18 nitrogen and oxygen atoms in total. The van der Waals surface area contributed by atoms with Crippen molar-refractivity contribution in [2.75, 3.05) is 0 Å². The highest BCUT2D eigenvalue weighted by molar-refractivity contribution is 6.23. The van der Waals surface area contributed by atoms with Crippen LogP contribution in [0.4, 0.5) is 0 Å². The Hall–Kier alpha value is -19.2. The van der Waals surface area contributed by atoms with E-state index in [1.807, 2.05) is 164 Å². The number of fused-ring (bicyclic) bond motifs is 15. The zero-order valence-corrected chi connectivity index (χ0v) is 74.1. The van der Waals surface area contributed by atoms with Crippen LogP contribution in [0.5, 0.6) is 0 Å². The molecule has 0 unspecified atom stereocenters. The van der Waals surface area contributed by atoms with Crippen molar-refractivity contribution in [3.05, 3.63) is 474 Å². The van der Waals surface area contributed by atoms with E-state index in [2.05, 4.69) is 322 Å². The maximum atomic E-state index is 5.38. The molecule has 0 fully saturated rings. The van der Waals surface area contributed by atoms with E-state index in [4.69, 9.17) is 49.8 Å². The lowest BCUT2D eigenvalue weighted by atomic mass is 10.1. The van der Waals surface area contributed by atoms with Crippen molar-refractivity contribution in [1.82, 2.24) is 87.2 Å². The maximum Gasteiger partial charge on any atom is 0.238 e. The summed E-state index contributed by atoms with van der Waals surface area (Å²) in [7, 11) is 0. The highest BCUT2D eigenvalue weighted by atomic mass is 15.2. The van der Waals surface area contributed by atoms with Gasteiger partial charge in [0.15, 0.2) is 11.6 Å². The third-order valence-corrected chi connectivity index (χ3v) is 25.3. The maximum absolute atomic E-state index is 5.38. The van der Waals surface area contributed by atoms with E-state index < -0.39 is 0 Å². The van der Waals surface area contributed by atoms with Gasteiger partial charge in [-0.1, -0.05) is 322 Å². The summed E-state index contributed by atoms with van der Waals surface area (Å²) in [6.45, 7) is 0. The average Bonchev–Trinajstić information content (AvgIpc) is 1.56. The van der Waals surface area contributed by atoms with Crippen molar-refractivity contribution >= 4 is 98.5 Å². The molecule has 0 N–H and O–H groups in total. The first kappa shape index (κ1) is 80.8. The normalized spacial score (nSPS) is 11.5. The Bertz CT molecular complexity index is 8180. The second-order valence-electron chi connectivity index (χ2n) is 33.6. The highest BCUT2D eigenvalue weighted by Crippen LogP contribution is 2.45. The lowest BCUT2D eigenvalue weighted by Crippen LogP contribution is -2.06. The fraction of sp³-hybridized carbons (Fsp3) is 0. The van der Waals surface area contributed by atoms with E-state index >= 15 is 0 Å². The molecule has 0 atom stereocenters. The van der Waals surface area contributed by atoms with Gasteiger partial charge in [0.05, 0.1) is 89.0 Å². The van der Waals surface area contributed by atoms with Crippen molar-refractivity contribution in [3.63, 3.8) is 0 Å². The van der Waals surface area contributed by atoms with E-state index in [0.29, 0.717) is 29.5 Å². The molecule has 27 aromatic rings. The fourth-order valence-electron chi connectivity index (χ4n) is 19.1.